The van der Waals surface area contributed by atoms with Crippen LogP contribution in [0.5, 0.6) is 0 Å². The van der Waals surface area contributed by atoms with E-state index in [0.717, 1.165) is 19.3 Å². The number of hydrogen-bond donors (Lipinski definition) is 2. The van der Waals surface area contributed by atoms with E-state index in [1.165, 1.54) is 19.3 Å². The minimum absolute atomic E-state index is 0.150. The van der Waals surface area contributed by atoms with Crippen molar-refractivity contribution in [2.75, 3.05) is 0 Å². The first-order chi connectivity index (χ1) is 10.6. The summed E-state index contributed by atoms with van der Waals surface area (Å²) in [6.45, 7) is 9.16. The Balaban J connectivity index is 1.79. The van der Waals surface area contributed by atoms with Crippen molar-refractivity contribution in [2.24, 2.45) is 40.4 Å². The zero-order valence-electron chi connectivity index (χ0n) is 15.1. The van der Waals surface area contributed by atoms with Crippen LogP contribution < -0.4 is 0 Å². The van der Waals surface area contributed by atoms with Gasteiger partial charge >= 0.3 is 0 Å². The van der Waals surface area contributed by atoms with Gasteiger partial charge < -0.3 is 10.2 Å². The van der Waals surface area contributed by atoms with Crippen LogP contribution >= 0.6 is 15.9 Å². The lowest BCUT2D eigenvalue weighted by atomic mass is 9.30. The molecule has 0 unspecified atom stereocenters. The van der Waals surface area contributed by atoms with Gasteiger partial charge in [-0.25, -0.2) is 0 Å². The van der Waals surface area contributed by atoms with Crippen molar-refractivity contribution in [3.05, 3.63) is 0 Å². The van der Waals surface area contributed by atoms with E-state index in [4.69, 9.17) is 0 Å². The molecule has 23 heavy (non-hydrogen) atoms. The number of aliphatic hydroxyl groups is 2. The molecule has 9 atom stereocenters. The van der Waals surface area contributed by atoms with Gasteiger partial charge in [-0.1, -0.05) is 36.7 Å². The first kappa shape index (κ1) is 16.8. The summed E-state index contributed by atoms with van der Waals surface area (Å²) in [6.07, 6.45) is 6.54. The molecule has 0 amide bonds. The van der Waals surface area contributed by atoms with Crippen LogP contribution in [0.1, 0.15) is 66.2 Å². The fourth-order valence-corrected chi connectivity index (χ4v) is 8.54. The molecule has 0 aromatic carbocycles. The second-order valence-corrected chi connectivity index (χ2v) is 11.2. The van der Waals surface area contributed by atoms with E-state index in [9.17, 15) is 10.2 Å². The maximum Gasteiger partial charge on any atom is 0.0656 e. The second-order valence-electron chi connectivity index (χ2n) is 10.1. The highest BCUT2D eigenvalue weighted by molar-refractivity contribution is 9.09. The lowest BCUT2D eigenvalue weighted by Gasteiger charge is -2.75. The quantitative estimate of drug-likeness (QED) is 0.658. The fourth-order valence-electron chi connectivity index (χ4n) is 7.80. The molecule has 1 spiro atoms. The summed E-state index contributed by atoms with van der Waals surface area (Å²) >= 11 is 3.97. The van der Waals surface area contributed by atoms with Crippen LogP contribution in [0.3, 0.4) is 0 Å². The smallest absolute Gasteiger partial charge is 0.0656 e. The third-order valence-electron chi connectivity index (χ3n) is 8.76. The summed E-state index contributed by atoms with van der Waals surface area (Å²) in [6, 6.07) is 0. The van der Waals surface area contributed by atoms with Crippen LogP contribution in [0.15, 0.2) is 0 Å². The van der Waals surface area contributed by atoms with Gasteiger partial charge in [0, 0.05) is 4.83 Å². The standard InChI is InChI=1S/C20H33BrO2/c1-11(2)13-9-14(22)12-10-20(13)8-7-18(3)15(21)5-6-19(4,23)17(18)16(12)20/h11-17,22-23H,5-10H2,1-4H3/t12-,13+,14+,15+,16+,17+,18-,19-,20+/m0/s1. The fraction of sp³-hybridized carbons (Fsp3) is 1.00. The predicted molar refractivity (Wildman–Crippen MR) is 96.4 cm³/mol. The highest BCUT2D eigenvalue weighted by Gasteiger charge is 2.73. The van der Waals surface area contributed by atoms with Gasteiger partial charge in [0.1, 0.15) is 0 Å². The Kier molecular flexibility index (Phi) is 3.65. The van der Waals surface area contributed by atoms with Crippen LogP contribution in [-0.2, 0) is 0 Å². The van der Waals surface area contributed by atoms with Crippen molar-refractivity contribution >= 4 is 15.9 Å². The van der Waals surface area contributed by atoms with E-state index in [1.807, 2.05) is 0 Å². The van der Waals surface area contributed by atoms with Crippen molar-refractivity contribution < 1.29 is 10.2 Å². The highest BCUT2D eigenvalue weighted by Crippen LogP contribution is 2.76. The number of aliphatic hydroxyl groups excluding tert-OH is 1. The van der Waals surface area contributed by atoms with Crippen molar-refractivity contribution in [2.45, 2.75) is 82.8 Å². The van der Waals surface area contributed by atoms with Crippen molar-refractivity contribution in [1.82, 2.24) is 0 Å². The summed E-state index contributed by atoms with van der Waals surface area (Å²) in [5, 5.41) is 22.1. The first-order valence-electron chi connectivity index (χ1n) is 9.68. The molecule has 0 saturated heterocycles. The topological polar surface area (TPSA) is 40.5 Å². The lowest BCUT2D eigenvalue weighted by molar-refractivity contribution is -0.297. The molecule has 2 nitrogen and oxygen atoms in total. The molecule has 0 aliphatic heterocycles. The third-order valence-corrected chi connectivity index (χ3v) is 10.3. The molecule has 3 heteroatoms. The Morgan fingerprint density at radius 2 is 1.83 bits per heavy atom. The summed E-state index contributed by atoms with van der Waals surface area (Å²) in [5.41, 5.74) is -0.00389. The molecular weight excluding hydrogens is 352 g/mol. The Hall–Kier alpha value is 0.400. The molecular formula is C20H33BrO2. The van der Waals surface area contributed by atoms with E-state index in [1.54, 1.807) is 0 Å². The van der Waals surface area contributed by atoms with E-state index < -0.39 is 5.60 Å². The zero-order chi connectivity index (χ0) is 16.8. The van der Waals surface area contributed by atoms with Crippen molar-refractivity contribution in [3.63, 3.8) is 0 Å². The Labute approximate surface area is 149 Å². The van der Waals surface area contributed by atoms with Crippen LogP contribution in [-0.4, -0.2) is 26.7 Å². The molecule has 5 fully saturated rings. The molecule has 5 aliphatic rings. The van der Waals surface area contributed by atoms with Crippen LogP contribution in [0, 0.1) is 40.4 Å². The number of fused-ring (bicyclic) bond motifs is 3. The van der Waals surface area contributed by atoms with Gasteiger partial charge in [-0.3, -0.25) is 0 Å². The summed E-state index contributed by atoms with van der Waals surface area (Å²) in [7, 11) is 0. The molecule has 0 aromatic heterocycles. The van der Waals surface area contributed by atoms with Crippen molar-refractivity contribution in [3.8, 4) is 0 Å². The highest BCUT2D eigenvalue weighted by atomic mass is 79.9. The monoisotopic (exact) mass is 384 g/mol. The van der Waals surface area contributed by atoms with Crippen molar-refractivity contribution in [1.29, 1.82) is 0 Å². The largest absolute Gasteiger partial charge is 0.393 e. The molecule has 0 heterocycles. The Morgan fingerprint density at radius 3 is 2.48 bits per heavy atom. The number of halogens is 1. The summed E-state index contributed by atoms with van der Waals surface area (Å²) in [4.78, 5) is 0.508. The minimum atomic E-state index is -0.577. The SMILES string of the molecule is CC(C)[C@H]1C[C@@H](O)[C@@H]2C[C@]13CC[C@@]1(C)[C@H](Br)CC[C@](C)(O)[C@@H]1[C@@H]23. The number of alkyl halides is 1. The van der Waals surface area contributed by atoms with E-state index in [2.05, 4.69) is 43.6 Å². The molecule has 2 bridgehead atoms. The van der Waals surface area contributed by atoms with E-state index in [0.29, 0.717) is 39.8 Å². The molecule has 2 N–H and O–H groups in total. The molecule has 0 radical (unpaired) electrons. The molecule has 132 valence electrons. The lowest BCUT2D eigenvalue weighted by Crippen LogP contribution is -2.73. The summed E-state index contributed by atoms with van der Waals surface area (Å²) < 4.78 is 0. The van der Waals surface area contributed by atoms with Gasteiger partial charge in [-0.2, -0.15) is 0 Å². The first-order valence-corrected chi connectivity index (χ1v) is 10.6. The predicted octanol–water partition coefficient (Wildman–Crippen LogP) is 4.37. The molecule has 5 saturated carbocycles. The van der Waals surface area contributed by atoms with E-state index in [-0.39, 0.29) is 11.5 Å². The minimum Gasteiger partial charge on any atom is -0.393 e. The van der Waals surface area contributed by atoms with Crippen LogP contribution in [0.4, 0.5) is 0 Å². The Bertz CT molecular complexity index is 504. The maximum atomic E-state index is 11.3. The zero-order valence-corrected chi connectivity index (χ0v) is 16.6. The van der Waals surface area contributed by atoms with Gasteiger partial charge in [-0.05, 0) is 85.9 Å². The molecule has 5 rings (SSSR count). The van der Waals surface area contributed by atoms with E-state index >= 15 is 0 Å². The summed E-state index contributed by atoms with van der Waals surface area (Å²) in [5.74, 6) is 2.54. The number of hydrogen-bond acceptors (Lipinski definition) is 2. The van der Waals surface area contributed by atoms with Gasteiger partial charge in [0.15, 0.2) is 0 Å². The maximum absolute atomic E-state index is 11.3. The normalized spacial score (nSPS) is 61.6. The average molecular weight is 385 g/mol. The molecule has 5 aliphatic carbocycles. The average Bonchev–Trinajstić information content (AvgIpc) is 2.45. The van der Waals surface area contributed by atoms with Crippen LogP contribution in [0.25, 0.3) is 0 Å². The van der Waals surface area contributed by atoms with Gasteiger partial charge in [0.05, 0.1) is 11.7 Å². The van der Waals surface area contributed by atoms with Gasteiger partial charge in [0.2, 0.25) is 0 Å². The second kappa shape index (κ2) is 4.98. The van der Waals surface area contributed by atoms with Gasteiger partial charge in [0.25, 0.3) is 0 Å². The Morgan fingerprint density at radius 1 is 1.13 bits per heavy atom. The number of rotatable bonds is 1. The van der Waals surface area contributed by atoms with Gasteiger partial charge in [-0.15, -0.1) is 0 Å². The third kappa shape index (κ3) is 1.99. The van der Waals surface area contributed by atoms with Crippen LogP contribution in [0.2, 0.25) is 0 Å². The molecule has 0 aromatic rings.